The van der Waals surface area contributed by atoms with Crippen molar-refractivity contribution in [2.24, 2.45) is 5.14 Å². The molecule has 0 bridgehead atoms. The Kier molecular flexibility index (Phi) is 4.27. The van der Waals surface area contributed by atoms with E-state index in [4.69, 9.17) is 15.6 Å². The number of aryl methyl sites for hydroxylation is 1. The molecule has 0 saturated carbocycles. The number of benzene rings is 2. The van der Waals surface area contributed by atoms with Crippen LogP contribution < -0.4 is 15.6 Å². The highest BCUT2D eigenvalue weighted by Crippen LogP contribution is 2.33. The van der Waals surface area contributed by atoms with Gasteiger partial charge in [-0.25, -0.2) is 13.6 Å². The molecule has 0 aliphatic heterocycles. The van der Waals surface area contributed by atoms with Gasteiger partial charge in [-0.2, -0.15) is 0 Å². The zero-order valence-corrected chi connectivity index (χ0v) is 14.0. The van der Waals surface area contributed by atoms with Gasteiger partial charge in [-0.05, 0) is 43.7 Å². The van der Waals surface area contributed by atoms with Crippen molar-refractivity contribution in [2.75, 3.05) is 5.73 Å². The van der Waals surface area contributed by atoms with Crippen LogP contribution in [-0.4, -0.2) is 8.42 Å². The summed E-state index contributed by atoms with van der Waals surface area (Å²) in [4.78, 5) is -0.0349. The lowest BCUT2D eigenvalue weighted by molar-refractivity contribution is 0.473. The molecule has 7 heteroatoms. The van der Waals surface area contributed by atoms with E-state index < -0.39 is 10.0 Å². The highest BCUT2D eigenvalue weighted by molar-refractivity contribution is 9.10. The fraction of sp³-hybridized carbons (Fsp3) is 0.143. The second kappa shape index (κ2) is 5.67. The lowest BCUT2D eigenvalue weighted by atomic mass is 10.2. The average molecular weight is 371 g/mol. The van der Waals surface area contributed by atoms with E-state index >= 15 is 0 Å². The molecule has 21 heavy (non-hydrogen) atoms. The fourth-order valence-corrected chi connectivity index (χ4v) is 3.23. The number of ether oxygens (including phenoxy) is 1. The molecule has 0 aromatic heterocycles. The molecular weight excluding hydrogens is 356 g/mol. The zero-order chi connectivity index (χ0) is 15.8. The summed E-state index contributed by atoms with van der Waals surface area (Å²) in [6, 6.07) is 8.43. The van der Waals surface area contributed by atoms with E-state index in [-0.39, 0.29) is 10.6 Å². The molecule has 4 N–H and O–H groups in total. The maximum atomic E-state index is 11.6. The number of hydrogen-bond acceptors (Lipinski definition) is 4. The van der Waals surface area contributed by atoms with E-state index in [0.717, 1.165) is 10.0 Å². The molecule has 2 rings (SSSR count). The predicted octanol–water partition coefficient (Wildman–Crippen LogP) is 3.09. The Hall–Kier alpha value is -1.57. The number of hydrogen-bond donors (Lipinski definition) is 2. The zero-order valence-electron chi connectivity index (χ0n) is 11.6. The molecule has 0 saturated heterocycles. The molecule has 2 aromatic carbocycles. The van der Waals surface area contributed by atoms with Crippen LogP contribution in [0, 0.1) is 13.8 Å². The van der Waals surface area contributed by atoms with Crippen molar-refractivity contribution in [3.05, 3.63) is 45.9 Å². The molecule has 0 atom stereocenters. The molecule has 0 radical (unpaired) electrons. The van der Waals surface area contributed by atoms with Crippen molar-refractivity contribution in [1.82, 2.24) is 0 Å². The summed E-state index contributed by atoms with van der Waals surface area (Å²) in [5, 5.41) is 5.19. The number of nitrogen functional groups attached to an aromatic ring is 1. The fourth-order valence-electron chi connectivity index (χ4n) is 1.93. The summed E-state index contributed by atoms with van der Waals surface area (Å²) in [7, 11) is -3.86. The van der Waals surface area contributed by atoms with Crippen LogP contribution in [0.1, 0.15) is 11.1 Å². The van der Waals surface area contributed by atoms with Gasteiger partial charge < -0.3 is 10.5 Å². The summed E-state index contributed by atoms with van der Waals surface area (Å²) in [5.74, 6) is 0.983. The minimum absolute atomic E-state index is 0.0349. The lowest BCUT2D eigenvalue weighted by Gasteiger charge is -2.14. The molecule has 5 nitrogen and oxygen atoms in total. The molecule has 0 spiro atoms. The molecule has 0 amide bonds. The van der Waals surface area contributed by atoms with Crippen LogP contribution in [0.15, 0.2) is 39.7 Å². The molecular formula is C14H15BrN2O3S. The van der Waals surface area contributed by atoms with Crippen molar-refractivity contribution in [3.63, 3.8) is 0 Å². The summed E-state index contributed by atoms with van der Waals surface area (Å²) < 4.78 is 29.9. The number of sulfonamides is 1. The van der Waals surface area contributed by atoms with Crippen molar-refractivity contribution < 1.29 is 13.2 Å². The summed E-state index contributed by atoms with van der Waals surface area (Å²) >= 11 is 3.37. The molecule has 2 aromatic rings. The number of primary sulfonamides is 1. The molecule has 0 aliphatic rings. The van der Waals surface area contributed by atoms with Gasteiger partial charge in [0.05, 0.1) is 4.90 Å². The summed E-state index contributed by atoms with van der Waals surface area (Å²) in [5.41, 5.74) is 7.34. The summed E-state index contributed by atoms with van der Waals surface area (Å²) in [6.07, 6.45) is 0. The minimum atomic E-state index is -3.86. The SMILES string of the molecule is Cc1cc(Br)ccc1Oc1cc(N)cc(S(N)(=O)=O)c1C. The number of anilines is 1. The van der Waals surface area contributed by atoms with E-state index in [1.807, 2.05) is 19.1 Å². The Morgan fingerprint density at radius 1 is 1.10 bits per heavy atom. The monoisotopic (exact) mass is 370 g/mol. The first kappa shape index (κ1) is 15.8. The lowest BCUT2D eigenvalue weighted by Crippen LogP contribution is -2.14. The Labute approximate surface area is 132 Å². The van der Waals surface area contributed by atoms with Gasteiger partial charge in [0.15, 0.2) is 0 Å². The highest BCUT2D eigenvalue weighted by atomic mass is 79.9. The Balaban J connectivity index is 2.52. The maximum absolute atomic E-state index is 11.6. The van der Waals surface area contributed by atoms with E-state index in [0.29, 0.717) is 17.1 Å². The van der Waals surface area contributed by atoms with Crippen LogP contribution in [0.2, 0.25) is 0 Å². The van der Waals surface area contributed by atoms with Gasteiger partial charge in [0.1, 0.15) is 11.5 Å². The Morgan fingerprint density at radius 3 is 2.33 bits per heavy atom. The van der Waals surface area contributed by atoms with Gasteiger partial charge in [-0.1, -0.05) is 15.9 Å². The smallest absolute Gasteiger partial charge is 0.238 e. The van der Waals surface area contributed by atoms with Gasteiger partial charge in [-0.15, -0.1) is 0 Å². The second-order valence-corrected chi connectivity index (χ2v) is 7.14. The number of halogens is 1. The van der Waals surface area contributed by atoms with Crippen molar-refractivity contribution >= 4 is 31.6 Å². The Morgan fingerprint density at radius 2 is 1.76 bits per heavy atom. The predicted molar refractivity (Wildman–Crippen MR) is 85.9 cm³/mol. The van der Waals surface area contributed by atoms with Crippen LogP contribution >= 0.6 is 15.9 Å². The van der Waals surface area contributed by atoms with E-state index in [9.17, 15) is 8.42 Å². The maximum Gasteiger partial charge on any atom is 0.238 e. The van der Waals surface area contributed by atoms with Gasteiger partial charge in [0.2, 0.25) is 10.0 Å². The van der Waals surface area contributed by atoms with Crippen LogP contribution in [0.5, 0.6) is 11.5 Å². The van der Waals surface area contributed by atoms with Crippen LogP contribution in [0.3, 0.4) is 0 Å². The van der Waals surface area contributed by atoms with Gasteiger partial charge in [0, 0.05) is 21.8 Å². The van der Waals surface area contributed by atoms with Gasteiger partial charge in [-0.3, -0.25) is 0 Å². The van der Waals surface area contributed by atoms with Crippen molar-refractivity contribution in [3.8, 4) is 11.5 Å². The first-order valence-electron chi connectivity index (χ1n) is 6.05. The average Bonchev–Trinajstić information content (AvgIpc) is 2.35. The second-order valence-electron chi connectivity index (χ2n) is 4.70. The first-order valence-corrected chi connectivity index (χ1v) is 8.39. The third kappa shape index (κ3) is 3.55. The van der Waals surface area contributed by atoms with Gasteiger partial charge in [0.25, 0.3) is 0 Å². The first-order chi connectivity index (χ1) is 9.68. The van der Waals surface area contributed by atoms with Crippen LogP contribution in [-0.2, 0) is 10.0 Å². The van der Waals surface area contributed by atoms with E-state index in [1.165, 1.54) is 6.07 Å². The van der Waals surface area contributed by atoms with Crippen LogP contribution in [0.25, 0.3) is 0 Å². The van der Waals surface area contributed by atoms with Crippen molar-refractivity contribution in [1.29, 1.82) is 0 Å². The third-order valence-electron chi connectivity index (χ3n) is 3.00. The third-order valence-corrected chi connectivity index (χ3v) is 4.53. The standard InChI is InChI=1S/C14H15BrN2O3S/c1-8-5-10(15)3-4-12(8)20-13-6-11(16)7-14(9(13)2)21(17,18)19/h3-7H,16H2,1-2H3,(H2,17,18,19). The minimum Gasteiger partial charge on any atom is -0.457 e. The van der Waals surface area contributed by atoms with Gasteiger partial charge >= 0.3 is 0 Å². The van der Waals surface area contributed by atoms with E-state index in [2.05, 4.69) is 15.9 Å². The van der Waals surface area contributed by atoms with Crippen molar-refractivity contribution in [2.45, 2.75) is 18.7 Å². The van der Waals surface area contributed by atoms with Crippen LogP contribution in [0.4, 0.5) is 5.69 Å². The van der Waals surface area contributed by atoms with E-state index in [1.54, 1.807) is 19.1 Å². The normalized spacial score (nSPS) is 11.4. The summed E-state index contributed by atoms with van der Waals surface area (Å²) in [6.45, 7) is 3.52. The molecule has 112 valence electrons. The molecule has 0 heterocycles. The molecule has 0 fully saturated rings. The highest BCUT2D eigenvalue weighted by Gasteiger charge is 2.17. The quantitative estimate of drug-likeness (QED) is 0.811. The number of nitrogens with two attached hydrogens (primary N) is 2. The Bertz CT molecular complexity index is 804. The topological polar surface area (TPSA) is 95.4 Å². The number of rotatable bonds is 3. The molecule has 0 unspecified atom stereocenters. The molecule has 0 aliphatic carbocycles. The largest absolute Gasteiger partial charge is 0.457 e.